The molecule has 8 nitrogen and oxygen atoms in total. The first-order valence-electron chi connectivity index (χ1n) is 19.9. The monoisotopic (exact) mass is 725 g/mol. The molecule has 0 saturated carbocycles. The van der Waals surface area contributed by atoms with Gasteiger partial charge >= 0.3 is 19.8 Å². The van der Waals surface area contributed by atoms with Crippen LogP contribution in [-0.2, 0) is 28.2 Å². The zero-order valence-electron chi connectivity index (χ0n) is 31.8. The molecule has 290 valence electrons. The third-order valence-electron chi connectivity index (χ3n) is 8.35. The summed E-state index contributed by atoms with van der Waals surface area (Å²) in [6.45, 7) is 3.61. The van der Waals surface area contributed by atoms with Crippen LogP contribution in [0.4, 0.5) is 0 Å². The van der Waals surface area contributed by atoms with E-state index in [9.17, 15) is 14.2 Å². The highest BCUT2D eigenvalue weighted by Gasteiger charge is 2.22. The molecule has 1 atom stereocenters. The van der Waals surface area contributed by atoms with Crippen molar-refractivity contribution in [3.05, 3.63) is 48.6 Å². The van der Waals surface area contributed by atoms with Crippen molar-refractivity contribution in [1.29, 1.82) is 0 Å². The second kappa shape index (κ2) is 36.8. The van der Waals surface area contributed by atoms with E-state index in [0.717, 1.165) is 38.5 Å². The lowest BCUT2D eigenvalue weighted by molar-refractivity contribution is -0.161. The van der Waals surface area contributed by atoms with Gasteiger partial charge in [-0.2, -0.15) is 0 Å². The number of phosphoric ester groups is 1. The normalized spacial score (nSPS) is 13.0. The molecule has 0 aromatic carbocycles. The molecule has 0 saturated heterocycles. The smallest absolute Gasteiger partial charge is 0.462 e. The number of carbonyl (C=O) groups excluding carboxylic acids is 2. The molecule has 0 heterocycles. The molecule has 0 aliphatic rings. The molecule has 0 aromatic heterocycles. The van der Waals surface area contributed by atoms with E-state index in [0.29, 0.717) is 12.8 Å². The Balaban J connectivity index is 4.04. The summed E-state index contributed by atoms with van der Waals surface area (Å²) in [6, 6.07) is 0. The summed E-state index contributed by atoms with van der Waals surface area (Å²) in [7, 11) is -4.77. The van der Waals surface area contributed by atoms with Crippen LogP contribution in [0.1, 0.15) is 181 Å². The Labute approximate surface area is 305 Å². The third-order valence-corrected chi connectivity index (χ3v) is 8.84. The minimum absolute atomic E-state index is 0.136. The summed E-state index contributed by atoms with van der Waals surface area (Å²) >= 11 is 0. The molecule has 2 N–H and O–H groups in total. The summed E-state index contributed by atoms with van der Waals surface area (Å²) in [4.78, 5) is 42.7. The number of allylic oxidation sites excluding steroid dienone is 8. The first-order valence-corrected chi connectivity index (χ1v) is 21.5. The summed E-state index contributed by atoms with van der Waals surface area (Å²) < 4.78 is 26.3. The van der Waals surface area contributed by atoms with Crippen molar-refractivity contribution in [2.24, 2.45) is 0 Å². The van der Waals surface area contributed by atoms with Crippen LogP contribution < -0.4 is 0 Å². The van der Waals surface area contributed by atoms with E-state index in [2.05, 4.69) is 60.9 Å². The molecule has 0 aliphatic heterocycles. The van der Waals surface area contributed by atoms with Crippen LogP contribution in [0.15, 0.2) is 48.6 Å². The molecule has 0 aliphatic carbocycles. The molecule has 0 spiro atoms. The second-order valence-corrected chi connectivity index (χ2v) is 14.5. The van der Waals surface area contributed by atoms with Crippen LogP contribution in [0.2, 0.25) is 0 Å². The van der Waals surface area contributed by atoms with E-state index in [-0.39, 0.29) is 19.4 Å². The van der Waals surface area contributed by atoms with Crippen molar-refractivity contribution in [2.45, 2.75) is 187 Å². The summed E-state index contributed by atoms with van der Waals surface area (Å²) in [6.07, 6.45) is 44.1. The van der Waals surface area contributed by atoms with Gasteiger partial charge in [-0.3, -0.25) is 14.1 Å². The predicted octanol–water partition coefficient (Wildman–Crippen LogP) is 12.0. The first kappa shape index (κ1) is 48.0. The van der Waals surface area contributed by atoms with Crippen LogP contribution in [0.5, 0.6) is 0 Å². The maximum absolute atomic E-state index is 12.4. The van der Waals surface area contributed by atoms with Gasteiger partial charge in [-0.05, 0) is 51.4 Å². The molecule has 0 aromatic rings. The van der Waals surface area contributed by atoms with E-state index >= 15 is 0 Å². The largest absolute Gasteiger partial charge is 0.469 e. The van der Waals surface area contributed by atoms with Gasteiger partial charge in [0.05, 0.1) is 6.61 Å². The minimum atomic E-state index is -4.77. The van der Waals surface area contributed by atoms with Gasteiger partial charge in [-0.25, -0.2) is 4.57 Å². The summed E-state index contributed by atoms with van der Waals surface area (Å²) in [5.41, 5.74) is 0. The van der Waals surface area contributed by atoms with Crippen LogP contribution in [-0.4, -0.2) is 41.0 Å². The fourth-order valence-corrected chi connectivity index (χ4v) is 5.73. The van der Waals surface area contributed by atoms with Gasteiger partial charge in [-0.1, -0.05) is 165 Å². The van der Waals surface area contributed by atoms with Gasteiger partial charge in [0.2, 0.25) is 0 Å². The van der Waals surface area contributed by atoms with Crippen molar-refractivity contribution in [2.75, 3.05) is 13.2 Å². The maximum atomic E-state index is 12.4. The molecule has 50 heavy (non-hydrogen) atoms. The highest BCUT2D eigenvalue weighted by Crippen LogP contribution is 2.36. The number of rotatable bonds is 36. The standard InChI is InChI=1S/C41H73O8P/c1-3-5-7-9-11-13-15-17-19-20-22-24-26-28-30-32-34-36-41(43)49-39(38-48-50(44,45)46)37-47-40(42)35-33-31-29-27-25-23-21-18-16-14-12-10-8-6-4-2/h11,13,17,19,22,24,28,30,39H,3-10,12,14-16,18,20-21,23,25-27,29,31-38H2,1-2H3,(H2,44,45,46)/t39-/m1/s1. The maximum Gasteiger partial charge on any atom is 0.469 e. The summed E-state index contributed by atoms with van der Waals surface area (Å²) in [5, 5.41) is 0. The molecule has 9 heteroatoms. The zero-order valence-corrected chi connectivity index (χ0v) is 32.7. The highest BCUT2D eigenvalue weighted by atomic mass is 31.2. The Hall–Kier alpha value is -1.99. The van der Waals surface area contributed by atoms with Gasteiger partial charge in [0.25, 0.3) is 0 Å². The number of hydrogen-bond donors (Lipinski definition) is 2. The highest BCUT2D eigenvalue weighted by molar-refractivity contribution is 7.46. The van der Waals surface area contributed by atoms with Crippen molar-refractivity contribution < 1.29 is 37.9 Å². The lowest BCUT2D eigenvalue weighted by Gasteiger charge is -2.18. The number of esters is 2. The van der Waals surface area contributed by atoms with Gasteiger partial charge in [0, 0.05) is 12.8 Å². The number of hydrogen-bond acceptors (Lipinski definition) is 6. The van der Waals surface area contributed by atoms with Crippen LogP contribution in [0.3, 0.4) is 0 Å². The predicted molar refractivity (Wildman–Crippen MR) is 207 cm³/mol. The third kappa shape index (κ3) is 38.8. The van der Waals surface area contributed by atoms with Gasteiger partial charge in [0.15, 0.2) is 6.10 Å². The van der Waals surface area contributed by atoms with Crippen molar-refractivity contribution in [3.63, 3.8) is 0 Å². The first-order chi connectivity index (χ1) is 24.3. The second-order valence-electron chi connectivity index (χ2n) is 13.3. The molecule has 0 radical (unpaired) electrons. The molecule has 0 unspecified atom stereocenters. The van der Waals surface area contributed by atoms with Gasteiger partial charge in [0.1, 0.15) is 6.61 Å². The molecule has 0 fully saturated rings. The molecular formula is C41H73O8P. The molecule has 0 amide bonds. The SMILES string of the molecule is CCCCCC=CCC=CCC=CCC=CCCCC(=O)O[C@H](COC(=O)CCCCCCCCCCCCCCCCC)COP(=O)(O)O. The number of carbonyl (C=O) groups is 2. The lowest BCUT2D eigenvalue weighted by atomic mass is 10.0. The Morgan fingerprint density at radius 3 is 1.40 bits per heavy atom. The van der Waals surface area contributed by atoms with E-state index in [1.54, 1.807) is 0 Å². The fraction of sp³-hybridized carbons (Fsp3) is 0.756. The molecule has 0 bridgehead atoms. The quantitative estimate of drug-likeness (QED) is 0.0284. The Morgan fingerprint density at radius 1 is 0.520 bits per heavy atom. The molecular weight excluding hydrogens is 651 g/mol. The number of ether oxygens (including phenoxy) is 2. The topological polar surface area (TPSA) is 119 Å². The average Bonchev–Trinajstić information content (AvgIpc) is 3.08. The van der Waals surface area contributed by atoms with Crippen molar-refractivity contribution in [1.82, 2.24) is 0 Å². The van der Waals surface area contributed by atoms with E-state index in [1.807, 2.05) is 6.08 Å². The van der Waals surface area contributed by atoms with Crippen molar-refractivity contribution >= 4 is 19.8 Å². The summed E-state index contributed by atoms with van der Waals surface area (Å²) in [5.74, 6) is -0.948. The van der Waals surface area contributed by atoms with Crippen molar-refractivity contribution in [3.8, 4) is 0 Å². The number of unbranched alkanes of at least 4 members (excludes halogenated alkanes) is 18. The van der Waals surface area contributed by atoms with Crippen LogP contribution >= 0.6 is 7.82 Å². The van der Waals surface area contributed by atoms with E-state index in [4.69, 9.17) is 19.3 Å². The Bertz CT molecular complexity index is 952. The minimum Gasteiger partial charge on any atom is -0.462 e. The van der Waals surface area contributed by atoms with Gasteiger partial charge < -0.3 is 19.3 Å². The molecule has 0 rings (SSSR count). The van der Waals surface area contributed by atoms with E-state index in [1.165, 1.54) is 103 Å². The van der Waals surface area contributed by atoms with E-state index < -0.39 is 32.5 Å². The lowest BCUT2D eigenvalue weighted by Crippen LogP contribution is -2.29. The Morgan fingerprint density at radius 2 is 0.920 bits per heavy atom. The van der Waals surface area contributed by atoms with Gasteiger partial charge in [-0.15, -0.1) is 0 Å². The fourth-order valence-electron chi connectivity index (χ4n) is 5.37. The van der Waals surface area contributed by atoms with Crippen LogP contribution in [0, 0.1) is 0 Å². The van der Waals surface area contributed by atoms with Crippen LogP contribution in [0.25, 0.3) is 0 Å². The Kier molecular flexibility index (Phi) is 35.3. The number of phosphoric acid groups is 1. The average molecular weight is 725 g/mol. The zero-order chi connectivity index (χ0) is 36.8.